The summed E-state index contributed by atoms with van der Waals surface area (Å²) >= 11 is 0. The van der Waals surface area contributed by atoms with Crippen molar-refractivity contribution in [1.29, 1.82) is 0 Å². The maximum Gasteiger partial charge on any atom is 0.271 e. The van der Waals surface area contributed by atoms with Crippen LogP contribution in [0.4, 0.5) is 17.1 Å². The SMILES string of the molecule is Cc1ccc([N+](=O)[O-])cc1NC(=O)c1ccc(N2CCOCC2)cc1. The van der Waals surface area contributed by atoms with Crippen LogP contribution in [0, 0.1) is 17.0 Å². The number of carbonyl (C=O) groups is 1. The summed E-state index contributed by atoms with van der Waals surface area (Å²) in [4.78, 5) is 25.0. The van der Waals surface area contributed by atoms with Gasteiger partial charge in [0.05, 0.1) is 23.8 Å². The van der Waals surface area contributed by atoms with Gasteiger partial charge in [-0.05, 0) is 36.8 Å². The molecule has 7 nitrogen and oxygen atoms in total. The van der Waals surface area contributed by atoms with Gasteiger partial charge < -0.3 is 15.0 Å². The fraction of sp³-hybridized carbons (Fsp3) is 0.278. The molecular weight excluding hydrogens is 322 g/mol. The third-order valence-electron chi connectivity index (χ3n) is 4.19. The molecule has 1 fully saturated rings. The maximum absolute atomic E-state index is 12.4. The average Bonchev–Trinajstić information content (AvgIpc) is 2.64. The Morgan fingerprint density at radius 1 is 1.16 bits per heavy atom. The second kappa shape index (κ2) is 7.31. The first kappa shape index (κ1) is 16.9. The van der Waals surface area contributed by atoms with Gasteiger partial charge in [0.25, 0.3) is 11.6 Å². The van der Waals surface area contributed by atoms with Crippen molar-refractivity contribution < 1.29 is 14.5 Å². The summed E-state index contributed by atoms with van der Waals surface area (Å²) in [6, 6.07) is 11.7. The van der Waals surface area contributed by atoms with E-state index in [9.17, 15) is 14.9 Å². The summed E-state index contributed by atoms with van der Waals surface area (Å²) in [5.74, 6) is -0.294. The minimum absolute atomic E-state index is 0.0523. The van der Waals surface area contributed by atoms with Crippen LogP contribution in [-0.2, 0) is 4.74 Å². The topological polar surface area (TPSA) is 84.7 Å². The molecule has 0 aromatic heterocycles. The third-order valence-corrected chi connectivity index (χ3v) is 4.19. The largest absolute Gasteiger partial charge is 0.378 e. The van der Waals surface area contributed by atoms with Gasteiger partial charge >= 0.3 is 0 Å². The molecule has 0 spiro atoms. The molecule has 0 unspecified atom stereocenters. The maximum atomic E-state index is 12.4. The highest BCUT2D eigenvalue weighted by molar-refractivity contribution is 6.05. The Balaban J connectivity index is 1.73. The Kier molecular flexibility index (Phi) is 4.95. The van der Waals surface area contributed by atoms with Crippen molar-refractivity contribution in [1.82, 2.24) is 0 Å². The molecule has 1 saturated heterocycles. The van der Waals surface area contributed by atoms with Gasteiger partial charge in [0.2, 0.25) is 0 Å². The Hall–Kier alpha value is -2.93. The number of nitro benzene ring substituents is 1. The highest BCUT2D eigenvalue weighted by Gasteiger charge is 2.14. The smallest absolute Gasteiger partial charge is 0.271 e. The zero-order valence-electron chi connectivity index (χ0n) is 13.9. The van der Waals surface area contributed by atoms with Crippen LogP contribution in [0.1, 0.15) is 15.9 Å². The first-order valence-electron chi connectivity index (χ1n) is 8.04. The van der Waals surface area contributed by atoms with Crippen LogP contribution in [0.15, 0.2) is 42.5 Å². The number of carbonyl (C=O) groups excluding carboxylic acids is 1. The number of hydrogen-bond acceptors (Lipinski definition) is 5. The van der Waals surface area contributed by atoms with E-state index in [0.717, 1.165) is 24.3 Å². The molecule has 2 aromatic carbocycles. The van der Waals surface area contributed by atoms with Gasteiger partial charge in [-0.2, -0.15) is 0 Å². The lowest BCUT2D eigenvalue weighted by molar-refractivity contribution is -0.384. The molecule has 7 heteroatoms. The predicted molar refractivity (Wildman–Crippen MR) is 95.3 cm³/mol. The lowest BCUT2D eigenvalue weighted by Crippen LogP contribution is -2.36. The molecule has 1 aliphatic heterocycles. The van der Waals surface area contributed by atoms with Crippen molar-refractivity contribution in [2.45, 2.75) is 6.92 Å². The number of aryl methyl sites for hydroxylation is 1. The lowest BCUT2D eigenvalue weighted by Gasteiger charge is -2.28. The summed E-state index contributed by atoms with van der Waals surface area (Å²) < 4.78 is 5.33. The van der Waals surface area contributed by atoms with E-state index in [1.807, 2.05) is 12.1 Å². The molecule has 0 atom stereocenters. The number of anilines is 2. The van der Waals surface area contributed by atoms with E-state index in [2.05, 4.69) is 10.2 Å². The first-order chi connectivity index (χ1) is 12.0. The molecule has 0 aliphatic carbocycles. The van der Waals surface area contributed by atoms with E-state index in [1.54, 1.807) is 25.1 Å². The molecule has 0 bridgehead atoms. The molecule has 130 valence electrons. The molecular formula is C18H19N3O4. The number of morpholine rings is 1. The van der Waals surface area contributed by atoms with Crippen molar-refractivity contribution in [3.63, 3.8) is 0 Å². The number of nitrogens with zero attached hydrogens (tertiary/aromatic N) is 2. The summed E-state index contributed by atoms with van der Waals surface area (Å²) in [7, 11) is 0. The van der Waals surface area contributed by atoms with Crippen molar-refractivity contribution in [3.05, 3.63) is 63.7 Å². The number of nitrogens with one attached hydrogen (secondary N) is 1. The van der Waals surface area contributed by atoms with E-state index in [0.29, 0.717) is 24.5 Å². The van der Waals surface area contributed by atoms with Crippen LogP contribution in [0.2, 0.25) is 0 Å². The normalized spacial score (nSPS) is 14.2. The summed E-state index contributed by atoms with van der Waals surface area (Å²) in [6.45, 7) is 4.86. The summed E-state index contributed by atoms with van der Waals surface area (Å²) in [6.07, 6.45) is 0. The number of ether oxygens (including phenoxy) is 1. The second-order valence-corrected chi connectivity index (χ2v) is 5.86. The van der Waals surface area contributed by atoms with Crippen molar-refractivity contribution in [2.75, 3.05) is 36.5 Å². The van der Waals surface area contributed by atoms with Gasteiger partial charge in [-0.1, -0.05) is 6.07 Å². The lowest BCUT2D eigenvalue weighted by atomic mass is 10.1. The van der Waals surface area contributed by atoms with Gasteiger partial charge in [0.1, 0.15) is 0 Å². The number of rotatable bonds is 4. The van der Waals surface area contributed by atoms with Gasteiger partial charge in [0, 0.05) is 36.5 Å². The average molecular weight is 341 g/mol. The fourth-order valence-electron chi connectivity index (χ4n) is 2.70. The van der Waals surface area contributed by atoms with E-state index >= 15 is 0 Å². The molecule has 1 amide bonds. The van der Waals surface area contributed by atoms with Crippen LogP contribution in [0.3, 0.4) is 0 Å². The van der Waals surface area contributed by atoms with E-state index in [1.165, 1.54) is 12.1 Å². The Labute approximate surface area is 145 Å². The van der Waals surface area contributed by atoms with Crippen LogP contribution in [-0.4, -0.2) is 37.1 Å². The van der Waals surface area contributed by atoms with Crippen LogP contribution in [0.25, 0.3) is 0 Å². The van der Waals surface area contributed by atoms with Crippen LogP contribution >= 0.6 is 0 Å². The minimum atomic E-state index is -0.480. The quantitative estimate of drug-likeness (QED) is 0.682. The van der Waals surface area contributed by atoms with Crippen molar-refractivity contribution >= 4 is 23.0 Å². The van der Waals surface area contributed by atoms with Gasteiger partial charge in [0.15, 0.2) is 0 Å². The van der Waals surface area contributed by atoms with E-state index in [4.69, 9.17) is 4.74 Å². The predicted octanol–water partition coefficient (Wildman–Crippen LogP) is 2.99. The number of nitro groups is 1. The summed E-state index contributed by atoms with van der Waals surface area (Å²) in [5, 5.41) is 13.6. The molecule has 0 radical (unpaired) electrons. The number of benzene rings is 2. The second-order valence-electron chi connectivity index (χ2n) is 5.86. The first-order valence-corrected chi connectivity index (χ1v) is 8.04. The highest BCUT2D eigenvalue weighted by Crippen LogP contribution is 2.23. The van der Waals surface area contributed by atoms with Crippen molar-refractivity contribution in [3.8, 4) is 0 Å². The molecule has 3 rings (SSSR count). The van der Waals surface area contributed by atoms with Crippen LogP contribution < -0.4 is 10.2 Å². The standard InChI is InChI=1S/C18H19N3O4/c1-13-2-5-16(21(23)24)12-17(13)19-18(22)14-3-6-15(7-4-14)20-8-10-25-11-9-20/h2-7,12H,8-11H2,1H3,(H,19,22). The monoisotopic (exact) mass is 341 g/mol. The Bertz CT molecular complexity index is 783. The van der Waals surface area contributed by atoms with E-state index in [-0.39, 0.29) is 11.6 Å². The van der Waals surface area contributed by atoms with Gasteiger partial charge in [-0.3, -0.25) is 14.9 Å². The Morgan fingerprint density at radius 2 is 1.84 bits per heavy atom. The zero-order chi connectivity index (χ0) is 17.8. The molecule has 2 aromatic rings. The third kappa shape index (κ3) is 3.95. The number of hydrogen-bond donors (Lipinski definition) is 1. The van der Waals surface area contributed by atoms with Crippen LogP contribution in [0.5, 0.6) is 0 Å². The van der Waals surface area contributed by atoms with E-state index < -0.39 is 4.92 Å². The highest BCUT2D eigenvalue weighted by atomic mass is 16.6. The molecule has 1 N–H and O–H groups in total. The Morgan fingerprint density at radius 3 is 2.48 bits per heavy atom. The minimum Gasteiger partial charge on any atom is -0.378 e. The number of non-ortho nitro benzene ring substituents is 1. The molecule has 1 heterocycles. The van der Waals surface area contributed by atoms with Gasteiger partial charge in [-0.15, -0.1) is 0 Å². The molecule has 1 aliphatic rings. The fourth-order valence-corrected chi connectivity index (χ4v) is 2.70. The zero-order valence-corrected chi connectivity index (χ0v) is 13.9. The van der Waals surface area contributed by atoms with Crippen molar-refractivity contribution in [2.24, 2.45) is 0 Å². The molecule has 0 saturated carbocycles. The number of amides is 1. The summed E-state index contributed by atoms with van der Waals surface area (Å²) in [5.41, 5.74) is 2.71. The van der Waals surface area contributed by atoms with Gasteiger partial charge in [-0.25, -0.2) is 0 Å². The molecule has 25 heavy (non-hydrogen) atoms.